The number of rotatable bonds is 7. The average molecular weight is 562 g/mol. The summed E-state index contributed by atoms with van der Waals surface area (Å²) in [5.74, 6) is -2.69. The van der Waals surface area contributed by atoms with E-state index in [0.29, 0.717) is 5.70 Å². The zero-order valence-electron chi connectivity index (χ0n) is 22.4. The summed E-state index contributed by atoms with van der Waals surface area (Å²) in [6.45, 7) is 6.83. The summed E-state index contributed by atoms with van der Waals surface area (Å²) in [4.78, 5) is 30.6. The first-order valence-corrected chi connectivity index (χ1v) is 13.3. The van der Waals surface area contributed by atoms with Gasteiger partial charge in [-0.3, -0.25) is 4.79 Å². The molecule has 1 aromatic rings. The molecule has 3 fully saturated rings. The second-order valence-electron chi connectivity index (χ2n) is 10.8. The van der Waals surface area contributed by atoms with Crippen molar-refractivity contribution >= 4 is 17.7 Å². The van der Waals surface area contributed by atoms with E-state index in [4.69, 9.17) is 4.74 Å². The van der Waals surface area contributed by atoms with Gasteiger partial charge in [0.1, 0.15) is 30.1 Å². The van der Waals surface area contributed by atoms with E-state index in [-0.39, 0.29) is 44.2 Å². The van der Waals surface area contributed by atoms with Crippen LogP contribution in [0.1, 0.15) is 12.5 Å². The van der Waals surface area contributed by atoms with Gasteiger partial charge in [-0.1, -0.05) is 18.7 Å². The molecule has 0 spiro atoms. The van der Waals surface area contributed by atoms with Crippen molar-refractivity contribution < 1.29 is 32.6 Å². The van der Waals surface area contributed by atoms with Gasteiger partial charge in [0.2, 0.25) is 0 Å². The van der Waals surface area contributed by atoms with Crippen LogP contribution in [0.2, 0.25) is 0 Å². The summed E-state index contributed by atoms with van der Waals surface area (Å²) < 4.78 is 48.7. The number of nitrogens with zero attached hydrogens (tertiary/aromatic N) is 3. The first-order chi connectivity index (χ1) is 19.1. The van der Waals surface area contributed by atoms with Crippen LogP contribution in [0.15, 0.2) is 48.7 Å². The van der Waals surface area contributed by atoms with E-state index in [1.54, 1.807) is 6.20 Å². The standard InChI is InChI=1S/C28H34F3N5O4/c1-4-5-15(2)10-34-14-22(18-8-17(29)6-7-20(18)30)33-26(34)24(16-11-35(12-16)28(39)40-3)36-13-19-21(31)9-32-23(19)25(37)27(36)38/h4-8,14,16,19,21,23-26,32-33,37H,2,9-13H2,1,3H3/b5-4-/t19?,21?,23?,24?,25-,26?/m0/s1. The van der Waals surface area contributed by atoms with Gasteiger partial charge in [-0.05, 0) is 30.7 Å². The molecule has 6 atom stereocenters. The van der Waals surface area contributed by atoms with Crippen LogP contribution in [0.4, 0.5) is 18.0 Å². The van der Waals surface area contributed by atoms with Crippen LogP contribution in [0.5, 0.6) is 0 Å². The second-order valence-corrected chi connectivity index (χ2v) is 10.8. The number of carbonyl (C=O) groups is 2. The van der Waals surface area contributed by atoms with Crippen LogP contribution in [-0.4, -0.2) is 102 Å². The number of alkyl halides is 1. The quantitative estimate of drug-likeness (QED) is 0.437. The van der Waals surface area contributed by atoms with Gasteiger partial charge in [-0.15, -0.1) is 0 Å². The number of fused-ring (bicyclic) bond motifs is 1. The Morgan fingerprint density at radius 1 is 1.30 bits per heavy atom. The summed E-state index contributed by atoms with van der Waals surface area (Å²) in [6.07, 6.45) is 1.42. The Balaban J connectivity index is 1.52. The van der Waals surface area contributed by atoms with Gasteiger partial charge in [-0.25, -0.2) is 18.0 Å². The number of allylic oxidation sites excluding steroid dienone is 1. The maximum Gasteiger partial charge on any atom is 0.409 e. The Labute approximate surface area is 230 Å². The fraction of sp³-hybridized carbons (Fsp3) is 0.500. The molecule has 5 unspecified atom stereocenters. The lowest BCUT2D eigenvalue weighted by Crippen LogP contribution is -2.70. The number of halogens is 3. The summed E-state index contributed by atoms with van der Waals surface area (Å²) in [7, 11) is 1.28. The highest BCUT2D eigenvalue weighted by atomic mass is 19.1. The predicted octanol–water partition coefficient (Wildman–Crippen LogP) is 1.82. The molecule has 216 valence electrons. The molecular weight excluding hydrogens is 527 g/mol. The Morgan fingerprint density at radius 2 is 2.05 bits per heavy atom. The molecule has 9 nitrogen and oxygen atoms in total. The van der Waals surface area contributed by atoms with E-state index >= 15 is 0 Å². The van der Waals surface area contributed by atoms with Crippen molar-refractivity contribution in [3.8, 4) is 0 Å². The van der Waals surface area contributed by atoms with Crippen LogP contribution in [-0.2, 0) is 9.53 Å². The van der Waals surface area contributed by atoms with Crippen LogP contribution in [0.25, 0.3) is 5.70 Å². The Hall–Kier alpha value is -3.51. The molecule has 40 heavy (non-hydrogen) atoms. The molecule has 4 aliphatic rings. The Morgan fingerprint density at radius 3 is 2.75 bits per heavy atom. The van der Waals surface area contributed by atoms with Gasteiger partial charge in [0.05, 0.1) is 18.8 Å². The van der Waals surface area contributed by atoms with E-state index < -0.39 is 60.1 Å². The maximum atomic E-state index is 14.9. The molecule has 0 aromatic heterocycles. The molecular formula is C28H34F3N5O4. The first-order valence-electron chi connectivity index (χ1n) is 13.3. The number of methoxy groups -OCH3 is 1. The largest absolute Gasteiger partial charge is 0.453 e. The normalized spacial score (nSPS) is 29.2. The fourth-order valence-electron chi connectivity index (χ4n) is 6.27. The summed E-state index contributed by atoms with van der Waals surface area (Å²) in [6, 6.07) is 1.81. The highest BCUT2D eigenvalue weighted by Gasteiger charge is 2.55. The van der Waals surface area contributed by atoms with Gasteiger partial charge in [0.15, 0.2) is 0 Å². The van der Waals surface area contributed by atoms with E-state index in [1.807, 2.05) is 24.0 Å². The molecule has 0 bridgehead atoms. The van der Waals surface area contributed by atoms with E-state index in [2.05, 4.69) is 17.2 Å². The SMILES string of the molecule is C=C(/C=C\C)CN1C=C(c2cc(F)ccc2F)NC1C(C1CN(C(=O)OC)C1)N1CC2C(F)CNC2[C@H](O)C1=O. The third kappa shape index (κ3) is 5.05. The summed E-state index contributed by atoms with van der Waals surface area (Å²) >= 11 is 0. The number of benzene rings is 1. The minimum Gasteiger partial charge on any atom is -0.453 e. The maximum absolute atomic E-state index is 14.9. The molecule has 4 heterocycles. The zero-order valence-corrected chi connectivity index (χ0v) is 22.4. The topological polar surface area (TPSA) is 97.4 Å². The van der Waals surface area contributed by atoms with E-state index in [9.17, 15) is 27.9 Å². The average Bonchev–Trinajstić information content (AvgIpc) is 3.48. The van der Waals surface area contributed by atoms with E-state index in [1.165, 1.54) is 16.9 Å². The van der Waals surface area contributed by atoms with Crippen molar-refractivity contribution in [1.82, 2.24) is 25.3 Å². The predicted molar refractivity (Wildman–Crippen MR) is 141 cm³/mol. The van der Waals surface area contributed by atoms with Crippen molar-refractivity contribution in [2.24, 2.45) is 11.8 Å². The van der Waals surface area contributed by atoms with Crippen molar-refractivity contribution in [1.29, 1.82) is 0 Å². The third-order valence-electron chi connectivity index (χ3n) is 8.23. The number of aliphatic hydroxyl groups excluding tert-OH is 1. The third-order valence-corrected chi connectivity index (χ3v) is 8.23. The molecule has 3 N–H and O–H groups in total. The number of ether oxygens (including phenoxy) is 1. The Kier molecular flexibility index (Phi) is 7.83. The number of hydrogen-bond donors (Lipinski definition) is 3. The van der Waals surface area contributed by atoms with E-state index in [0.717, 1.165) is 23.8 Å². The van der Waals surface area contributed by atoms with Gasteiger partial charge >= 0.3 is 6.09 Å². The monoisotopic (exact) mass is 561 g/mol. The van der Waals surface area contributed by atoms with Crippen LogP contribution in [0.3, 0.4) is 0 Å². The lowest BCUT2D eigenvalue weighted by atomic mass is 9.83. The van der Waals surface area contributed by atoms with Crippen molar-refractivity contribution in [2.45, 2.75) is 37.4 Å². The van der Waals surface area contributed by atoms with Crippen molar-refractivity contribution in [2.75, 3.05) is 39.8 Å². The Bertz CT molecular complexity index is 1240. The molecule has 3 saturated heterocycles. The lowest BCUT2D eigenvalue weighted by molar-refractivity contribution is -0.157. The minimum atomic E-state index is -1.44. The highest BCUT2D eigenvalue weighted by Crippen LogP contribution is 2.37. The van der Waals surface area contributed by atoms with Gasteiger partial charge in [-0.2, -0.15) is 0 Å². The number of aliphatic hydroxyl groups is 1. The summed E-state index contributed by atoms with van der Waals surface area (Å²) in [5, 5.41) is 17.1. The number of nitrogens with one attached hydrogen (secondary N) is 2. The van der Waals surface area contributed by atoms with Crippen molar-refractivity contribution in [3.63, 3.8) is 0 Å². The van der Waals surface area contributed by atoms with Gasteiger partial charge in [0.25, 0.3) is 5.91 Å². The zero-order chi connectivity index (χ0) is 28.7. The molecule has 4 aliphatic heterocycles. The number of hydrogen-bond acceptors (Lipinski definition) is 7. The van der Waals surface area contributed by atoms with Crippen molar-refractivity contribution in [3.05, 3.63) is 65.9 Å². The van der Waals surface area contributed by atoms with Gasteiger partial charge in [0, 0.05) is 62.4 Å². The summed E-state index contributed by atoms with van der Waals surface area (Å²) in [5.41, 5.74) is 1.05. The highest BCUT2D eigenvalue weighted by molar-refractivity contribution is 5.83. The fourth-order valence-corrected chi connectivity index (χ4v) is 6.27. The second kappa shape index (κ2) is 11.2. The molecule has 1 aromatic carbocycles. The first kappa shape index (κ1) is 28.0. The van der Waals surface area contributed by atoms with Crippen LogP contribution in [0, 0.1) is 23.5 Å². The smallest absolute Gasteiger partial charge is 0.409 e. The molecule has 2 amide bonds. The lowest BCUT2D eigenvalue weighted by Gasteiger charge is -2.52. The number of amides is 2. The minimum absolute atomic E-state index is 0.0153. The molecule has 5 rings (SSSR count). The van der Waals surface area contributed by atoms with Gasteiger partial charge < -0.3 is 35.2 Å². The van der Waals surface area contributed by atoms with Crippen LogP contribution < -0.4 is 10.6 Å². The molecule has 12 heteroatoms. The molecule has 0 saturated carbocycles. The molecule has 0 radical (unpaired) electrons. The molecule has 0 aliphatic carbocycles. The number of likely N-dealkylation sites (tertiary alicyclic amines) is 2. The number of carbonyl (C=O) groups excluding carboxylic acids is 2. The number of piperidine rings is 1. The van der Waals surface area contributed by atoms with Crippen LogP contribution >= 0.6 is 0 Å².